The Kier molecular flexibility index (Phi) is 8.36. The van der Waals surface area contributed by atoms with E-state index in [1.165, 1.54) is 0 Å². The van der Waals surface area contributed by atoms with E-state index < -0.39 is 6.10 Å². The van der Waals surface area contributed by atoms with Crippen LogP contribution in [0.3, 0.4) is 0 Å². The molecule has 0 amide bonds. The maximum Gasteiger partial charge on any atom is 0.0969 e. The van der Waals surface area contributed by atoms with Gasteiger partial charge in [-0.3, -0.25) is 0 Å². The number of ether oxygens (including phenoxy) is 1. The molecule has 0 fully saturated rings. The van der Waals surface area contributed by atoms with Crippen LogP contribution in [-0.4, -0.2) is 46.0 Å². The molecule has 1 aromatic rings. The zero-order chi connectivity index (χ0) is 13.9. The molecule has 0 spiro atoms. The molecule has 1 unspecified atom stereocenters. The zero-order valence-corrected chi connectivity index (χ0v) is 11.8. The highest BCUT2D eigenvalue weighted by atomic mass is 16.5. The van der Waals surface area contributed by atoms with E-state index >= 15 is 0 Å². The highest BCUT2D eigenvalue weighted by Crippen LogP contribution is 2.01. The Morgan fingerprint density at radius 1 is 1.42 bits per heavy atom. The number of unbranched alkanes of at least 4 members (excludes halogenated alkanes) is 2. The van der Waals surface area contributed by atoms with Crippen molar-refractivity contribution in [1.29, 1.82) is 0 Å². The quantitative estimate of drug-likeness (QED) is 0.579. The Bertz CT molecular complexity index is 330. The van der Waals surface area contributed by atoms with Crippen molar-refractivity contribution in [2.45, 2.75) is 51.7 Å². The molecule has 0 bridgehead atoms. The van der Waals surface area contributed by atoms with Crippen LogP contribution in [0.2, 0.25) is 0 Å². The highest BCUT2D eigenvalue weighted by Gasteiger charge is 2.07. The molecular weight excluding hydrogens is 244 g/mol. The molecule has 0 aliphatic heterocycles. The van der Waals surface area contributed by atoms with Gasteiger partial charge in [-0.2, -0.15) is 0 Å². The number of aromatic nitrogens is 3. The molecule has 0 radical (unpaired) electrons. The molecular formula is C13H26N4O2. The molecule has 19 heavy (non-hydrogen) atoms. The van der Waals surface area contributed by atoms with Crippen molar-refractivity contribution in [3.63, 3.8) is 0 Å². The number of aryl methyl sites for hydroxylation is 1. The van der Waals surface area contributed by atoms with Crippen LogP contribution in [-0.2, 0) is 17.7 Å². The predicted octanol–water partition coefficient (Wildman–Crippen LogP) is 0.737. The van der Waals surface area contributed by atoms with Gasteiger partial charge < -0.3 is 15.6 Å². The van der Waals surface area contributed by atoms with Crippen LogP contribution in [0.25, 0.3) is 0 Å². The lowest BCUT2D eigenvalue weighted by Gasteiger charge is -2.10. The average Bonchev–Trinajstić information content (AvgIpc) is 2.83. The van der Waals surface area contributed by atoms with Crippen LogP contribution < -0.4 is 5.73 Å². The van der Waals surface area contributed by atoms with Crippen molar-refractivity contribution in [3.05, 3.63) is 11.9 Å². The van der Waals surface area contributed by atoms with Gasteiger partial charge in [0.15, 0.2) is 0 Å². The Hall–Kier alpha value is -0.980. The van der Waals surface area contributed by atoms with E-state index in [-0.39, 0.29) is 0 Å². The third-order valence-corrected chi connectivity index (χ3v) is 2.82. The first-order valence-electron chi connectivity index (χ1n) is 7.11. The van der Waals surface area contributed by atoms with Crippen molar-refractivity contribution < 1.29 is 9.84 Å². The standard InChI is InChI=1S/C13H26N4O2/c1-2-3-8-19-11-13(18)10-17-9-12(15-16-17)6-4-5-7-14/h9,13,18H,2-8,10-11,14H2,1H3. The van der Waals surface area contributed by atoms with Gasteiger partial charge in [-0.25, -0.2) is 4.68 Å². The lowest BCUT2D eigenvalue weighted by molar-refractivity contribution is 0.0251. The molecule has 0 saturated heterocycles. The van der Waals surface area contributed by atoms with Gasteiger partial charge in [0, 0.05) is 12.8 Å². The van der Waals surface area contributed by atoms with E-state index in [4.69, 9.17) is 10.5 Å². The van der Waals surface area contributed by atoms with Crippen LogP contribution in [0.1, 0.15) is 38.3 Å². The second kappa shape index (κ2) is 9.89. The minimum Gasteiger partial charge on any atom is -0.389 e. The number of aliphatic hydroxyl groups is 1. The number of rotatable bonds is 11. The van der Waals surface area contributed by atoms with E-state index in [1.807, 2.05) is 6.20 Å². The minimum atomic E-state index is -0.532. The first-order chi connectivity index (χ1) is 9.26. The topological polar surface area (TPSA) is 86.2 Å². The summed E-state index contributed by atoms with van der Waals surface area (Å²) in [4.78, 5) is 0. The van der Waals surface area contributed by atoms with Crippen LogP contribution in [0.5, 0.6) is 0 Å². The third kappa shape index (κ3) is 7.25. The van der Waals surface area contributed by atoms with Gasteiger partial charge in [0.25, 0.3) is 0 Å². The molecule has 1 rings (SSSR count). The number of aliphatic hydroxyl groups excluding tert-OH is 1. The molecule has 1 atom stereocenters. The first-order valence-corrected chi connectivity index (χ1v) is 7.11. The first kappa shape index (κ1) is 16.1. The Morgan fingerprint density at radius 3 is 3.00 bits per heavy atom. The van der Waals surface area contributed by atoms with Crippen molar-refractivity contribution in [1.82, 2.24) is 15.0 Å². The fourth-order valence-corrected chi connectivity index (χ4v) is 1.73. The highest BCUT2D eigenvalue weighted by molar-refractivity contribution is 4.92. The summed E-state index contributed by atoms with van der Waals surface area (Å²) in [5.41, 5.74) is 6.39. The monoisotopic (exact) mass is 270 g/mol. The molecule has 6 nitrogen and oxygen atoms in total. The van der Waals surface area contributed by atoms with Gasteiger partial charge in [-0.15, -0.1) is 5.10 Å². The second-order valence-corrected chi connectivity index (χ2v) is 4.76. The summed E-state index contributed by atoms with van der Waals surface area (Å²) in [6.45, 7) is 4.30. The zero-order valence-electron chi connectivity index (χ0n) is 11.8. The summed E-state index contributed by atoms with van der Waals surface area (Å²) in [6.07, 6.45) is 6.40. The Morgan fingerprint density at radius 2 is 2.26 bits per heavy atom. The fraction of sp³-hybridized carbons (Fsp3) is 0.846. The summed E-state index contributed by atoms with van der Waals surface area (Å²) in [7, 11) is 0. The van der Waals surface area contributed by atoms with Crippen molar-refractivity contribution in [2.75, 3.05) is 19.8 Å². The normalized spacial score (nSPS) is 12.8. The average molecular weight is 270 g/mol. The van der Waals surface area contributed by atoms with Gasteiger partial charge in [-0.1, -0.05) is 18.6 Å². The smallest absolute Gasteiger partial charge is 0.0969 e. The van der Waals surface area contributed by atoms with Crippen LogP contribution in [0.4, 0.5) is 0 Å². The molecule has 0 aliphatic carbocycles. The van der Waals surface area contributed by atoms with Gasteiger partial charge in [0.2, 0.25) is 0 Å². The van der Waals surface area contributed by atoms with E-state index in [0.29, 0.717) is 26.3 Å². The molecule has 1 aromatic heterocycles. The molecule has 1 heterocycles. The van der Waals surface area contributed by atoms with Gasteiger partial charge >= 0.3 is 0 Å². The number of nitrogens with two attached hydrogens (primary N) is 1. The van der Waals surface area contributed by atoms with Gasteiger partial charge in [0.1, 0.15) is 0 Å². The predicted molar refractivity (Wildman–Crippen MR) is 73.7 cm³/mol. The van der Waals surface area contributed by atoms with Gasteiger partial charge in [0.05, 0.1) is 24.9 Å². The molecule has 110 valence electrons. The van der Waals surface area contributed by atoms with Crippen LogP contribution in [0.15, 0.2) is 6.20 Å². The van der Waals surface area contributed by atoms with Crippen molar-refractivity contribution in [3.8, 4) is 0 Å². The lowest BCUT2D eigenvalue weighted by Crippen LogP contribution is -2.22. The second-order valence-electron chi connectivity index (χ2n) is 4.76. The summed E-state index contributed by atoms with van der Waals surface area (Å²) < 4.78 is 7.04. The van der Waals surface area contributed by atoms with E-state index in [0.717, 1.165) is 37.8 Å². The van der Waals surface area contributed by atoms with Gasteiger partial charge in [-0.05, 0) is 32.2 Å². The van der Waals surface area contributed by atoms with Crippen LogP contribution in [0, 0.1) is 0 Å². The number of nitrogens with zero attached hydrogens (tertiary/aromatic N) is 3. The summed E-state index contributed by atoms with van der Waals surface area (Å²) in [5, 5.41) is 17.9. The maximum atomic E-state index is 9.80. The molecule has 0 saturated carbocycles. The summed E-state index contributed by atoms with van der Waals surface area (Å²) >= 11 is 0. The summed E-state index contributed by atoms with van der Waals surface area (Å²) in [6, 6.07) is 0. The maximum absolute atomic E-state index is 9.80. The van der Waals surface area contributed by atoms with E-state index in [1.54, 1.807) is 4.68 Å². The molecule has 0 aliphatic rings. The Balaban J connectivity index is 2.20. The fourth-order valence-electron chi connectivity index (χ4n) is 1.73. The number of hydrogen-bond acceptors (Lipinski definition) is 5. The van der Waals surface area contributed by atoms with Crippen molar-refractivity contribution >= 4 is 0 Å². The minimum absolute atomic E-state index is 0.350. The number of hydrogen-bond donors (Lipinski definition) is 2. The molecule has 0 aromatic carbocycles. The lowest BCUT2D eigenvalue weighted by atomic mass is 10.2. The summed E-state index contributed by atoms with van der Waals surface area (Å²) in [5.74, 6) is 0. The van der Waals surface area contributed by atoms with E-state index in [2.05, 4.69) is 17.2 Å². The van der Waals surface area contributed by atoms with Crippen molar-refractivity contribution in [2.24, 2.45) is 5.73 Å². The molecule has 3 N–H and O–H groups in total. The van der Waals surface area contributed by atoms with E-state index in [9.17, 15) is 5.11 Å². The van der Waals surface area contributed by atoms with Crippen LogP contribution >= 0.6 is 0 Å². The Labute approximate surface area is 114 Å². The third-order valence-electron chi connectivity index (χ3n) is 2.82. The molecule has 6 heteroatoms. The largest absolute Gasteiger partial charge is 0.389 e. The SMILES string of the molecule is CCCCOCC(O)Cn1cc(CCCCN)nn1.